The maximum absolute atomic E-state index is 5.75. The summed E-state index contributed by atoms with van der Waals surface area (Å²) in [7, 11) is 4.01. The Morgan fingerprint density at radius 2 is 2.00 bits per heavy atom. The minimum absolute atomic E-state index is 0.497. The first-order valence-corrected chi connectivity index (χ1v) is 5.69. The van der Waals surface area contributed by atoms with Crippen LogP contribution in [-0.2, 0) is 0 Å². The van der Waals surface area contributed by atoms with Crippen molar-refractivity contribution >= 4 is 23.0 Å². The lowest BCUT2D eigenvalue weighted by molar-refractivity contribution is 1.13. The molecule has 2 aromatic rings. The molecule has 1 heterocycles. The number of benzene rings is 1. The molecule has 0 atom stereocenters. The molecule has 0 bridgehead atoms. The SMILES string of the molecule is Cc1c(N)ncnc1Nc1cccc(N(C)C)c1. The van der Waals surface area contributed by atoms with Gasteiger partial charge in [-0.25, -0.2) is 9.97 Å². The van der Waals surface area contributed by atoms with E-state index in [2.05, 4.69) is 21.4 Å². The molecule has 1 aromatic heterocycles. The van der Waals surface area contributed by atoms with Crippen LogP contribution in [0.5, 0.6) is 0 Å². The minimum Gasteiger partial charge on any atom is -0.383 e. The van der Waals surface area contributed by atoms with E-state index in [4.69, 9.17) is 5.73 Å². The second-order valence-electron chi connectivity index (χ2n) is 4.30. The maximum atomic E-state index is 5.75. The third-order valence-corrected chi connectivity index (χ3v) is 2.75. The highest BCUT2D eigenvalue weighted by atomic mass is 15.1. The average Bonchev–Trinajstić information content (AvgIpc) is 2.35. The van der Waals surface area contributed by atoms with Gasteiger partial charge in [0.15, 0.2) is 0 Å². The summed E-state index contributed by atoms with van der Waals surface area (Å²) in [4.78, 5) is 10.2. The smallest absolute Gasteiger partial charge is 0.138 e. The van der Waals surface area contributed by atoms with Gasteiger partial charge >= 0.3 is 0 Å². The standard InChI is InChI=1S/C13H17N5/c1-9-12(14)15-8-16-13(9)17-10-5-4-6-11(7-10)18(2)3/h4-8H,1-3H3,(H3,14,15,16,17). The summed E-state index contributed by atoms with van der Waals surface area (Å²) in [6.07, 6.45) is 1.46. The van der Waals surface area contributed by atoms with Crippen molar-refractivity contribution in [2.24, 2.45) is 0 Å². The Hall–Kier alpha value is -2.30. The number of rotatable bonds is 3. The summed E-state index contributed by atoms with van der Waals surface area (Å²) in [5.74, 6) is 1.23. The van der Waals surface area contributed by atoms with E-state index in [1.54, 1.807) is 0 Å². The van der Waals surface area contributed by atoms with Crippen molar-refractivity contribution in [1.29, 1.82) is 0 Å². The van der Waals surface area contributed by atoms with E-state index in [9.17, 15) is 0 Å². The number of hydrogen-bond donors (Lipinski definition) is 2. The lowest BCUT2D eigenvalue weighted by Gasteiger charge is -2.15. The van der Waals surface area contributed by atoms with Crippen LogP contribution >= 0.6 is 0 Å². The Morgan fingerprint density at radius 3 is 2.72 bits per heavy atom. The molecule has 0 saturated heterocycles. The minimum atomic E-state index is 0.497. The van der Waals surface area contributed by atoms with Gasteiger partial charge in [-0.3, -0.25) is 0 Å². The van der Waals surface area contributed by atoms with Gasteiger partial charge in [0.25, 0.3) is 0 Å². The van der Waals surface area contributed by atoms with Crippen LogP contribution in [0.3, 0.4) is 0 Å². The second kappa shape index (κ2) is 4.91. The van der Waals surface area contributed by atoms with Crippen LogP contribution in [0.2, 0.25) is 0 Å². The Balaban J connectivity index is 2.28. The summed E-state index contributed by atoms with van der Waals surface area (Å²) in [6.45, 7) is 1.90. The molecule has 3 N–H and O–H groups in total. The number of anilines is 4. The molecule has 94 valence electrons. The molecule has 0 amide bonds. The van der Waals surface area contributed by atoms with Gasteiger partial charge in [-0.2, -0.15) is 0 Å². The molecular weight excluding hydrogens is 226 g/mol. The van der Waals surface area contributed by atoms with Crippen LogP contribution in [0.1, 0.15) is 5.56 Å². The quantitative estimate of drug-likeness (QED) is 0.864. The van der Waals surface area contributed by atoms with Crippen molar-refractivity contribution in [3.8, 4) is 0 Å². The molecule has 5 heteroatoms. The zero-order chi connectivity index (χ0) is 13.1. The fourth-order valence-corrected chi connectivity index (χ4v) is 1.59. The number of nitrogens with one attached hydrogen (secondary N) is 1. The van der Waals surface area contributed by atoms with E-state index in [1.165, 1.54) is 6.33 Å². The van der Waals surface area contributed by atoms with Crippen LogP contribution < -0.4 is 16.0 Å². The number of nitrogens with two attached hydrogens (primary N) is 1. The first-order valence-electron chi connectivity index (χ1n) is 5.69. The van der Waals surface area contributed by atoms with E-state index in [0.717, 1.165) is 22.8 Å². The van der Waals surface area contributed by atoms with Crippen molar-refractivity contribution in [3.05, 3.63) is 36.2 Å². The molecule has 18 heavy (non-hydrogen) atoms. The van der Waals surface area contributed by atoms with Crippen molar-refractivity contribution < 1.29 is 0 Å². The fraction of sp³-hybridized carbons (Fsp3) is 0.231. The first kappa shape index (κ1) is 12.2. The van der Waals surface area contributed by atoms with E-state index in [1.807, 2.05) is 44.1 Å². The molecule has 0 radical (unpaired) electrons. The van der Waals surface area contributed by atoms with Crippen molar-refractivity contribution in [1.82, 2.24) is 9.97 Å². The van der Waals surface area contributed by atoms with Gasteiger partial charge in [0, 0.05) is 31.0 Å². The van der Waals surface area contributed by atoms with E-state index in [-0.39, 0.29) is 0 Å². The first-order chi connectivity index (χ1) is 8.58. The summed E-state index contributed by atoms with van der Waals surface area (Å²) >= 11 is 0. The van der Waals surface area contributed by atoms with Crippen LogP contribution in [0.25, 0.3) is 0 Å². The zero-order valence-corrected chi connectivity index (χ0v) is 10.8. The topological polar surface area (TPSA) is 67.1 Å². The van der Waals surface area contributed by atoms with E-state index < -0.39 is 0 Å². The number of nitrogen functional groups attached to an aromatic ring is 1. The third kappa shape index (κ3) is 2.51. The largest absolute Gasteiger partial charge is 0.383 e. The van der Waals surface area contributed by atoms with Gasteiger partial charge in [-0.15, -0.1) is 0 Å². The Morgan fingerprint density at radius 1 is 1.22 bits per heavy atom. The normalized spacial score (nSPS) is 10.2. The van der Waals surface area contributed by atoms with Gasteiger partial charge in [0.2, 0.25) is 0 Å². The Bertz CT molecular complexity index is 551. The van der Waals surface area contributed by atoms with Gasteiger partial charge < -0.3 is 16.0 Å². The lowest BCUT2D eigenvalue weighted by Crippen LogP contribution is -2.09. The molecule has 0 aliphatic rings. The molecule has 2 rings (SSSR count). The van der Waals surface area contributed by atoms with Gasteiger partial charge in [0.1, 0.15) is 18.0 Å². The molecular formula is C13H17N5. The summed E-state index contributed by atoms with van der Waals surface area (Å²) in [5.41, 5.74) is 8.71. The summed E-state index contributed by atoms with van der Waals surface area (Å²) in [5, 5.41) is 3.25. The number of aromatic nitrogens is 2. The summed E-state index contributed by atoms with van der Waals surface area (Å²) in [6, 6.07) is 8.09. The van der Waals surface area contributed by atoms with Crippen molar-refractivity contribution in [2.75, 3.05) is 30.0 Å². The summed E-state index contributed by atoms with van der Waals surface area (Å²) < 4.78 is 0. The van der Waals surface area contributed by atoms with Crippen LogP contribution in [0.15, 0.2) is 30.6 Å². The molecule has 0 unspecified atom stereocenters. The Labute approximate surface area is 107 Å². The van der Waals surface area contributed by atoms with Gasteiger partial charge in [-0.05, 0) is 25.1 Å². The zero-order valence-electron chi connectivity index (χ0n) is 10.8. The van der Waals surface area contributed by atoms with Crippen LogP contribution in [0.4, 0.5) is 23.0 Å². The molecule has 1 aromatic carbocycles. The fourth-order valence-electron chi connectivity index (χ4n) is 1.59. The maximum Gasteiger partial charge on any atom is 0.138 e. The molecule has 0 spiro atoms. The van der Waals surface area contributed by atoms with Gasteiger partial charge in [-0.1, -0.05) is 6.07 Å². The molecule has 5 nitrogen and oxygen atoms in total. The molecule has 0 aliphatic carbocycles. The highest BCUT2D eigenvalue weighted by molar-refractivity contribution is 5.66. The predicted octanol–water partition coefficient (Wildman–Crippen LogP) is 2.18. The van der Waals surface area contributed by atoms with Crippen molar-refractivity contribution in [3.63, 3.8) is 0 Å². The van der Waals surface area contributed by atoms with Gasteiger partial charge in [0.05, 0.1) is 0 Å². The molecule has 0 saturated carbocycles. The number of nitrogens with zero attached hydrogens (tertiary/aromatic N) is 3. The van der Waals surface area contributed by atoms with E-state index >= 15 is 0 Å². The molecule has 0 aliphatic heterocycles. The van der Waals surface area contributed by atoms with E-state index in [0.29, 0.717) is 5.82 Å². The van der Waals surface area contributed by atoms with Crippen LogP contribution in [0, 0.1) is 6.92 Å². The van der Waals surface area contributed by atoms with Crippen LogP contribution in [-0.4, -0.2) is 24.1 Å². The predicted molar refractivity (Wildman–Crippen MR) is 75.2 cm³/mol. The highest BCUT2D eigenvalue weighted by Gasteiger charge is 2.05. The monoisotopic (exact) mass is 243 g/mol. The lowest BCUT2D eigenvalue weighted by atomic mass is 10.2. The highest BCUT2D eigenvalue weighted by Crippen LogP contribution is 2.23. The Kier molecular flexibility index (Phi) is 3.32. The molecule has 0 fully saturated rings. The number of hydrogen-bond acceptors (Lipinski definition) is 5. The third-order valence-electron chi connectivity index (χ3n) is 2.75. The average molecular weight is 243 g/mol. The van der Waals surface area contributed by atoms with Crippen molar-refractivity contribution in [2.45, 2.75) is 6.92 Å². The second-order valence-corrected chi connectivity index (χ2v) is 4.30.